The maximum absolute atomic E-state index is 8.90. The monoisotopic (exact) mass is 250 g/mol. The second-order valence-electron chi connectivity index (χ2n) is 5.02. The molecule has 1 saturated heterocycles. The largest absolute Gasteiger partial charge is 0.395 e. The van der Waals surface area contributed by atoms with Crippen molar-refractivity contribution in [1.29, 1.82) is 0 Å². The Labute approximate surface area is 108 Å². The minimum Gasteiger partial charge on any atom is -0.395 e. The van der Waals surface area contributed by atoms with E-state index >= 15 is 0 Å². The number of hydrogen-bond acceptors (Lipinski definition) is 5. The predicted molar refractivity (Wildman–Crippen MR) is 71.9 cm³/mol. The van der Waals surface area contributed by atoms with Gasteiger partial charge in [0.05, 0.1) is 6.61 Å². The summed E-state index contributed by atoms with van der Waals surface area (Å²) >= 11 is 0. The Kier molecular flexibility index (Phi) is 4.49. The number of aromatic nitrogens is 2. The Hall–Kier alpha value is -1.20. The zero-order valence-electron chi connectivity index (χ0n) is 11.2. The maximum atomic E-state index is 8.90. The van der Waals surface area contributed by atoms with Crippen LogP contribution >= 0.6 is 0 Å². The summed E-state index contributed by atoms with van der Waals surface area (Å²) in [5.41, 5.74) is 1.18. The molecule has 0 amide bonds. The maximum Gasteiger partial charge on any atom is 0.225 e. The zero-order valence-corrected chi connectivity index (χ0v) is 11.2. The van der Waals surface area contributed by atoms with Crippen LogP contribution in [0, 0.1) is 0 Å². The molecule has 0 saturated carbocycles. The van der Waals surface area contributed by atoms with Gasteiger partial charge in [-0.15, -0.1) is 0 Å². The Morgan fingerprint density at radius 3 is 2.28 bits per heavy atom. The highest BCUT2D eigenvalue weighted by Crippen LogP contribution is 2.15. The normalized spacial score (nSPS) is 17.4. The Balaban J connectivity index is 1.93. The van der Waals surface area contributed by atoms with Crippen LogP contribution in [0.3, 0.4) is 0 Å². The lowest BCUT2D eigenvalue weighted by molar-refractivity contribution is 0.188. The molecule has 1 aliphatic heterocycles. The molecular formula is C13H22N4O. The average Bonchev–Trinajstić information content (AvgIpc) is 2.40. The third-order valence-electron chi connectivity index (χ3n) is 3.40. The first-order chi connectivity index (χ1) is 8.70. The lowest BCUT2D eigenvalue weighted by atomic mass is 10.1. The van der Waals surface area contributed by atoms with Crippen molar-refractivity contribution < 1.29 is 5.11 Å². The van der Waals surface area contributed by atoms with Crippen LogP contribution < -0.4 is 4.90 Å². The van der Waals surface area contributed by atoms with Gasteiger partial charge in [0.15, 0.2) is 0 Å². The summed E-state index contributed by atoms with van der Waals surface area (Å²) in [6.45, 7) is 9.09. The van der Waals surface area contributed by atoms with Crippen LogP contribution in [-0.2, 0) is 0 Å². The van der Waals surface area contributed by atoms with Gasteiger partial charge in [-0.05, 0) is 11.5 Å². The SMILES string of the molecule is CC(C)c1cnc(N2CCN(CCO)CC2)nc1. The van der Waals surface area contributed by atoms with Gasteiger partial charge < -0.3 is 10.0 Å². The fourth-order valence-corrected chi connectivity index (χ4v) is 2.11. The first kappa shape index (κ1) is 13.2. The molecule has 0 radical (unpaired) electrons. The van der Waals surface area contributed by atoms with Gasteiger partial charge in [0.2, 0.25) is 5.95 Å². The van der Waals surface area contributed by atoms with Crippen LogP contribution in [0.1, 0.15) is 25.3 Å². The minimum absolute atomic E-state index is 0.236. The summed E-state index contributed by atoms with van der Waals surface area (Å²) in [4.78, 5) is 13.4. The van der Waals surface area contributed by atoms with E-state index in [2.05, 4.69) is 33.6 Å². The van der Waals surface area contributed by atoms with Gasteiger partial charge in [0, 0.05) is 45.1 Å². The number of nitrogens with zero attached hydrogens (tertiary/aromatic N) is 4. The summed E-state index contributed by atoms with van der Waals surface area (Å²) in [6.07, 6.45) is 3.85. The molecule has 1 N–H and O–H groups in total. The van der Waals surface area contributed by atoms with Crippen molar-refractivity contribution in [2.75, 3.05) is 44.2 Å². The summed E-state index contributed by atoms with van der Waals surface area (Å²) < 4.78 is 0. The molecular weight excluding hydrogens is 228 g/mol. The van der Waals surface area contributed by atoms with E-state index in [-0.39, 0.29) is 6.61 Å². The fourth-order valence-electron chi connectivity index (χ4n) is 2.11. The summed E-state index contributed by atoms with van der Waals surface area (Å²) in [6, 6.07) is 0. The molecule has 2 rings (SSSR count). The highest BCUT2D eigenvalue weighted by molar-refractivity contribution is 5.31. The lowest BCUT2D eigenvalue weighted by Gasteiger charge is -2.34. The number of aliphatic hydroxyl groups is 1. The summed E-state index contributed by atoms with van der Waals surface area (Å²) in [5, 5.41) is 8.90. The quantitative estimate of drug-likeness (QED) is 0.853. The molecule has 1 aliphatic rings. The van der Waals surface area contributed by atoms with E-state index in [0.717, 1.165) is 38.7 Å². The Morgan fingerprint density at radius 1 is 1.17 bits per heavy atom. The minimum atomic E-state index is 0.236. The number of piperazine rings is 1. The Morgan fingerprint density at radius 2 is 1.78 bits per heavy atom. The second-order valence-corrected chi connectivity index (χ2v) is 5.02. The second kappa shape index (κ2) is 6.11. The van der Waals surface area contributed by atoms with Crippen LogP contribution in [0.5, 0.6) is 0 Å². The third-order valence-corrected chi connectivity index (χ3v) is 3.40. The van der Waals surface area contributed by atoms with E-state index in [4.69, 9.17) is 5.11 Å². The fraction of sp³-hybridized carbons (Fsp3) is 0.692. The first-order valence-electron chi connectivity index (χ1n) is 6.61. The first-order valence-corrected chi connectivity index (χ1v) is 6.61. The van der Waals surface area contributed by atoms with E-state index in [1.54, 1.807) is 0 Å². The molecule has 0 unspecified atom stereocenters. The molecule has 1 aromatic heterocycles. The standard InChI is InChI=1S/C13H22N4O/c1-11(2)12-9-14-13(15-10-12)17-5-3-16(4-6-17)7-8-18/h9-11,18H,3-8H2,1-2H3. The molecule has 0 spiro atoms. The van der Waals surface area contributed by atoms with Gasteiger partial charge in [0.1, 0.15) is 0 Å². The van der Waals surface area contributed by atoms with Crippen LogP contribution in [0.15, 0.2) is 12.4 Å². The van der Waals surface area contributed by atoms with Crippen molar-refractivity contribution >= 4 is 5.95 Å². The summed E-state index contributed by atoms with van der Waals surface area (Å²) in [7, 11) is 0. The van der Waals surface area contributed by atoms with Gasteiger partial charge in [-0.25, -0.2) is 9.97 Å². The van der Waals surface area contributed by atoms with Gasteiger partial charge in [0.25, 0.3) is 0 Å². The van der Waals surface area contributed by atoms with E-state index in [1.807, 2.05) is 12.4 Å². The molecule has 1 fully saturated rings. The average molecular weight is 250 g/mol. The van der Waals surface area contributed by atoms with Crippen LogP contribution in [0.4, 0.5) is 5.95 Å². The topological polar surface area (TPSA) is 52.5 Å². The molecule has 100 valence electrons. The molecule has 0 bridgehead atoms. The van der Waals surface area contributed by atoms with E-state index < -0.39 is 0 Å². The van der Waals surface area contributed by atoms with Crippen LogP contribution in [0.2, 0.25) is 0 Å². The molecule has 0 atom stereocenters. The molecule has 18 heavy (non-hydrogen) atoms. The number of rotatable bonds is 4. The van der Waals surface area contributed by atoms with Crippen molar-refractivity contribution in [2.24, 2.45) is 0 Å². The number of anilines is 1. The molecule has 2 heterocycles. The number of hydrogen-bond donors (Lipinski definition) is 1. The summed E-state index contributed by atoms with van der Waals surface area (Å²) in [5.74, 6) is 1.29. The molecule has 0 aromatic carbocycles. The zero-order chi connectivity index (χ0) is 13.0. The number of aliphatic hydroxyl groups excluding tert-OH is 1. The van der Waals surface area contributed by atoms with E-state index in [1.165, 1.54) is 5.56 Å². The Bertz CT molecular complexity index is 358. The van der Waals surface area contributed by atoms with Gasteiger partial charge in [-0.2, -0.15) is 0 Å². The molecule has 5 heteroatoms. The highest BCUT2D eigenvalue weighted by Gasteiger charge is 2.18. The van der Waals surface area contributed by atoms with Gasteiger partial charge in [-0.1, -0.05) is 13.8 Å². The van der Waals surface area contributed by atoms with Crippen molar-refractivity contribution in [3.8, 4) is 0 Å². The van der Waals surface area contributed by atoms with Crippen LogP contribution in [-0.4, -0.2) is 59.3 Å². The van der Waals surface area contributed by atoms with E-state index in [0.29, 0.717) is 5.92 Å². The highest BCUT2D eigenvalue weighted by atomic mass is 16.3. The third kappa shape index (κ3) is 3.17. The number of β-amino-alcohol motifs (C(OH)–C–C–N with tert-alkyl or cyclic N) is 1. The molecule has 5 nitrogen and oxygen atoms in total. The van der Waals surface area contributed by atoms with Crippen molar-refractivity contribution in [1.82, 2.24) is 14.9 Å². The van der Waals surface area contributed by atoms with E-state index in [9.17, 15) is 0 Å². The molecule has 0 aliphatic carbocycles. The van der Waals surface area contributed by atoms with Gasteiger partial charge in [-0.3, -0.25) is 4.90 Å². The predicted octanol–water partition coefficient (Wildman–Crippen LogP) is 0.714. The molecule has 1 aromatic rings. The lowest BCUT2D eigenvalue weighted by Crippen LogP contribution is -2.47. The van der Waals surface area contributed by atoms with Crippen molar-refractivity contribution in [3.05, 3.63) is 18.0 Å². The van der Waals surface area contributed by atoms with Crippen molar-refractivity contribution in [2.45, 2.75) is 19.8 Å². The smallest absolute Gasteiger partial charge is 0.225 e. The van der Waals surface area contributed by atoms with Crippen molar-refractivity contribution in [3.63, 3.8) is 0 Å². The van der Waals surface area contributed by atoms with Gasteiger partial charge >= 0.3 is 0 Å². The van der Waals surface area contributed by atoms with Crippen LogP contribution in [0.25, 0.3) is 0 Å².